The smallest absolute Gasteiger partial charge is 0.141 e. The van der Waals surface area contributed by atoms with Crippen LogP contribution in [0.15, 0.2) is 78.9 Å². The van der Waals surface area contributed by atoms with Gasteiger partial charge in [-0.15, -0.1) is 0 Å². The molecule has 240 valence electrons. The van der Waals surface area contributed by atoms with Crippen LogP contribution in [0.25, 0.3) is 5.57 Å². The Morgan fingerprint density at radius 2 is 1.76 bits per heavy atom. The Labute approximate surface area is 268 Å². The summed E-state index contributed by atoms with van der Waals surface area (Å²) in [5, 5.41) is 20.1. The summed E-state index contributed by atoms with van der Waals surface area (Å²) in [5.41, 5.74) is 1.50. The molecule has 1 fully saturated rings. The number of nitrogens with zero attached hydrogens (tertiary/aromatic N) is 1. The van der Waals surface area contributed by atoms with E-state index in [4.69, 9.17) is 25.8 Å². The monoisotopic (exact) mass is 639 g/mol. The van der Waals surface area contributed by atoms with E-state index in [2.05, 4.69) is 37.0 Å². The molecule has 5 rings (SSSR count). The lowest BCUT2D eigenvalue weighted by Gasteiger charge is -2.47. The molecule has 1 aliphatic carbocycles. The van der Waals surface area contributed by atoms with Crippen LogP contribution < -0.4 is 9.47 Å². The first kappa shape index (κ1) is 33.1. The fourth-order valence-corrected chi connectivity index (χ4v) is 6.30. The number of rotatable bonds is 13. The third-order valence-corrected chi connectivity index (χ3v) is 9.01. The number of aliphatic hydroxyl groups excluding tert-OH is 2. The molecular formula is C36H40ClF2NO5. The van der Waals surface area contributed by atoms with Gasteiger partial charge in [0.25, 0.3) is 0 Å². The number of β-amino-alcohol motifs (C(OH)–C–C–N with tert-alkyl or cyclic N) is 1. The summed E-state index contributed by atoms with van der Waals surface area (Å²) in [6.45, 7) is 6.78. The minimum absolute atomic E-state index is 0.120. The Morgan fingerprint density at radius 1 is 1.00 bits per heavy atom. The van der Waals surface area contributed by atoms with Crippen molar-refractivity contribution in [3.8, 4) is 11.5 Å². The van der Waals surface area contributed by atoms with Crippen molar-refractivity contribution in [1.29, 1.82) is 0 Å². The second-order valence-corrected chi connectivity index (χ2v) is 12.6. The van der Waals surface area contributed by atoms with E-state index in [0.717, 1.165) is 43.1 Å². The SMILES string of the molecule is CC1(C)C(c2ccccc2)=CC=CC1(COc1cc(OCc2cc(F)cc(F)c2)c(CO)cc1Cl)OCCCN1CC[C@@H](O)C1. The zero-order valence-corrected chi connectivity index (χ0v) is 26.4. The Hall–Kier alpha value is -3.27. The van der Waals surface area contributed by atoms with E-state index in [1.54, 1.807) is 12.1 Å². The molecule has 0 amide bonds. The molecule has 3 aromatic rings. The predicted molar refractivity (Wildman–Crippen MR) is 171 cm³/mol. The molecule has 2 atom stereocenters. The summed E-state index contributed by atoms with van der Waals surface area (Å²) in [6.07, 6.45) is 7.44. The molecule has 2 aliphatic rings. The quantitative estimate of drug-likeness (QED) is 0.197. The molecule has 9 heteroatoms. The predicted octanol–water partition coefficient (Wildman–Crippen LogP) is 6.96. The maximum absolute atomic E-state index is 13.7. The number of benzene rings is 3. The summed E-state index contributed by atoms with van der Waals surface area (Å²) in [5.74, 6) is -0.797. The van der Waals surface area contributed by atoms with Crippen LogP contribution >= 0.6 is 11.6 Å². The molecular weight excluding hydrogens is 600 g/mol. The summed E-state index contributed by atoms with van der Waals surface area (Å²) in [7, 11) is 0. The highest BCUT2D eigenvalue weighted by atomic mass is 35.5. The number of allylic oxidation sites excluding steroid dienone is 2. The van der Waals surface area contributed by atoms with Gasteiger partial charge in [-0.25, -0.2) is 8.78 Å². The first-order valence-electron chi connectivity index (χ1n) is 15.2. The number of likely N-dealkylation sites (tertiary alicyclic amines) is 1. The fraction of sp³-hybridized carbons (Fsp3) is 0.389. The lowest BCUT2D eigenvalue weighted by Crippen LogP contribution is -2.52. The highest BCUT2D eigenvalue weighted by Crippen LogP contribution is 2.49. The second-order valence-electron chi connectivity index (χ2n) is 12.2. The summed E-state index contributed by atoms with van der Waals surface area (Å²) >= 11 is 6.62. The Bertz CT molecular complexity index is 1510. The van der Waals surface area contributed by atoms with E-state index in [0.29, 0.717) is 30.0 Å². The topological polar surface area (TPSA) is 71.4 Å². The summed E-state index contributed by atoms with van der Waals surface area (Å²) in [6, 6.07) is 16.5. The van der Waals surface area contributed by atoms with Crippen molar-refractivity contribution in [3.05, 3.63) is 112 Å². The van der Waals surface area contributed by atoms with Crippen molar-refractivity contribution in [3.63, 3.8) is 0 Å². The van der Waals surface area contributed by atoms with Crippen LogP contribution in [0.5, 0.6) is 11.5 Å². The number of ether oxygens (including phenoxy) is 3. The number of hydrogen-bond acceptors (Lipinski definition) is 6. The lowest BCUT2D eigenvalue weighted by molar-refractivity contribution is -0.0926. The molecule has 1 unspecified atom stereocenters. The van der Waals surface area contributed by atoms with Gasteiger partial charge in [0.15, 0.2) is 0 Å². The van der Waals surface area contributed by atoms with E-state index in [9.17, 15) is 19.0 Å². The van der Waals surface area contributed by atoms with Gasteiger partial charge in [0.1, 0.15) is 41.9 Å². The first-order valence-corrected chi connectivity index (χ1v) is 15.6. The second kappa shape index (κ2) is 14.4. The van der Waals surface area contributed by atoms with Crippen molar-refractivity contribution >= 4 is 17.2 Å². The number of halogens is 3. The van der Waals surface area contributed by atoms with E-state index >= 15 is 0 Å². The maximum Gasteiger partial charge on any atom is 0.141 e. The molecule has 1 saturated heterocycles. The molecule has 2 N–H and O–H groups in total. The minimum atomic E-state index is -0.878. The number of hydrogen-bond donors (Lipinski definition) is 2. The third-order valence-electron chi connectivity index (χ3n) is 8.71. The molecule has 6 nitrogen and oxygen atoms in total. The zero-order chi connectivity index (χ0) is 32.0. The van der Waals surface area contributed by atoms with E-state index < -0.39 is 22.7 Å². The van der Waals surface area contributed by atoms with Gasteiger partial charge in [-0.1, -0.05) is 67.9 Å². The number of aliphatic hydroxyl groups is 2. The van der Waals surface area contributed by atoms with Crippen molar-refractivity contribution in [1.82, 2.24) is 4.90 Å². The minimum Gasteiger partial charge on any atom is -0.488 e. The summed E-state index contributed by atoms with van der Waals surface area (Å²) < 4.78 is 46.5. The molecule has 0 saturated carbocycles. The van der Waals surface area contributed by atoms with Crippen LogP contribution in [0.3, 0.4) is 0 Å². The van der Waals surface area contributed by atoms with Crippen LogP contribution in [0, 0.1) is 17.0 Å². The molecule has 0 radical (unpaired) electrons. The average molecular weight is 640 g/mol. The molecule has 0 spiro atoms. The van der Waals surface area contributed by atoms with Gasteiger partial charge >= 0.3 is 0 Å². The van der Waals surface area contributed by atoms with E-state index in [1.807, 2.05) is 30.4 Å². The zero-order valence-electron chi connectivity index (χ0n) is 25.6. The van der Waals surface area contributed by atoms with Gasteiger partial charge in [0.05, 0.1) is 17.7 Å². The molecule has 0 bridgehead atoms. The molecule has 45 heavy (non-hydrogen) atoms. The average Bonchev–Trinajstić information content (AvgIpc) is 3.43. The fourth-order valence-electron chi connectivity index (χ4n) is 6.06. The molecule has 0 aromatic heterocycles. The van der Waals surface area contributed by atoms with Gasteiger partial charge in [0.2, 0.25) is 0 Å². The van der Waals surface area contributed by atoms with Gasteiger partial charge in [-0.3, -0.25) is 0 Å². The van der Waals surface area contributed by atoms with E-state index in [1.165, 1.54) is 12.1 Å². The molecule has 3 aromatic carbocycles. The largest absolute Gasteiger partial charge is 0.488 e. The summed E-state index contributed by atoms with van der Waals surface area (Å²) in [4.78, 5) is 2.25. The van der Waals surface area contributed by atoms with Crippen LogP contribution in [-0.2, 0) is 18.0 Å². The molecule has 1 heterocycles. The normalized spacial score (nSPS) is 21.1. The Kier molecular flexibility index (Phi) is 10.6. The molecule has 1 aliphatic heterocycles. The van der Waals surface area contributed by atoms with Crippen molar-refractivity contribution in [2.75, 3.05) is 32.8 Å². The van der Waals surface area contributed by atoms with E-state index in [-0.39, 0.29) is 36.7 Å². The van der Waals surface area contributed by atoms with Crippen molar-refractivity contribution in [2.24, 2.45) is 5.41 Å². The highest BCUT2D eigenvalue weighted by Gasteiger charge is 2.49. The van der Waals surface area contributed by atoms with Crippen LogP contribution in [0.4, 0.5) is 8.78 Å². The van der Waals surface area contributed by atoms with Gasteiger partial charge in [0, 0.05) is 49.4 Å². The highest BCUT2D eigenvalue weighted by molar-refractivity contribution is 6.32. The van der Waals surface area contributed by atoms with Gasteiger partial charge in [-0.05, 0) is 53.8 Å². The lowest BCUT2D eigenvalue weighted by atomic mass is 9.65. The van der Waals surface area contributed by atoms with Crippen LogP contribution in [-0.4, -0.2) is 59.7 Å². The van der Waals surface area contributed by atoms with Crippen LogP contribution in [0.2, 0.25) is 5.02 Å². The van der Waals surface area contributed by atoms with Gasteiger partial charge < -0.3 is 29.3 Å². The third kappa shape index (κ3) is 7.76. The Balaban J connectivity index is 1.37. The standard InChI is InChI=1S/C36H40ClF2NO5/c1-35(2)31(26-8-4-3-5-9-26)10-6-12-36(35,45-15-7-13-40-14-11-30(42)21-40)24-44-34-20-33(27(22-41)18-32(34)37)43-23-25-16-28(38)19-29(39)17-25/h3-6,8-10,12,16-20,30,41-42H,7,11,13-15,21-24H2,1-2H3/t30-,36?/m1/s1. The van der Waals surface area contributed by atoms with Crippen molar-refractivity contribution in [2.45, 2.75) is 51.6 Å². The maximum atomic E-state index is 13.7. The van der Waals surface area contributed by atoms with Gasteiger partial charge in [-0.2, -0.15) is 0 Å². The van der Waals surface area contributed by atoms with Crippen LogP contribution in [0.1, 0.15) is 43.4 Å². The first-order chi connectivity index (χ1) is 21.6. The Morgan fingerprint density at radius 3 is 2.44 bits per heavy atom. The van der Waals surface area contributed by atoms with Crippen molar-refractivity contribution < 1.29 is 33.2 Å².